The number of aromatic nitrogens is 2. The Hall–Kier alpha value is -4.95. The minimum Gasteiger partial charge on any atom is -0.493 e. The van der Waals surface area contributed by atoms with Gasteiger partial charge in [0.1, 0.15) is 5.75 Å². The van der Waals surface area contributed by atoms with Crippen LogP contribution in [0.1, 0.15) is 17.5 Å². The van der Waals surface area contributed by atoms with E-state index >= 15 is 0 Å². The van der Waals surface area contributed by atoms with Crippen molar-refractivity contribution in [2.45, 2.75) is 19.5 Å². The molecule has 208 valence electrons. The van der Waals surface area contributed by atoms with Gasteiger partial charge in [-0.2, -0.15) is 0 Å². The van der Waals surface area contributed by atoms with Gasteiger partial charge < -0.3 is 20.7 Å². The van der Waals surface area contributed by atoms with Gasteiger partial charge in [0.2, 0.25) is 11.9 Å². The molecule has 1 aromatic heterocycles. The molecular weight excluding hydrogens is 512 g/mol. The molecule has 4 aromatic rings. The van der Waals surface area contributed by atoms with Crippen LogP contribution < -0.4 is 20.7 Å². The van der Waals surface area contributed by atoms with E-state index in [0.717, 1.165) is 64.7 Å². The van der Waals surface area contributed by atoms with Crippen LogP contribution in [0.2, 0.25) is 0 Å². The zero-order chi connectivity index (χ0) is 28.4. The normalized spacial score (nSPS) is 14.4. The number of hydrogen-bond acceptors (Lipinski definition) is 7. The van der Waals surface area contributed by atoms with E-state index < -0.39 is 0 Å². The van der Waals surface area contributed by atoms with Gasteiger partial charge in [0.25, 0.3) is 0 Å². The molecule has 1 amide bonds. The Morgan fingerprint density at radius 2 is 1.95 bits per heavy atom. The Balaban J connectivity index is 1.39. The molecule has 5 rings (SSSR count). The van der Waals surface area contributed by atoms with E-state index in [2.05, 4.69) is 69.8 Å². The van der Waals surface area contributed by atoms with Crippen molar-refractivity contribution in [3.63, 3.8) is 0 Å². The maximum absolute atomic E-state index is 11.6. The van der Waals surface area contributed by atoms with E-state index in [-0.39, 0.29) is 5.91 Å². The first-order valence-corrected chi connectivity index (χ1v) is 13.6. The minimum absolute atomic E-state index is 0.228. The number of fused-ring (bicyclic) bond motifs is 7. The van der Waals surface area contributed by atoms with Crippen LogP contribution in [-0.2, 0) is 17.9 Å². The molecule has 3 aromatic carbocycles. The van der Waals surface area contributed by atoms with Crippen molar-refractivity contribution in [2.24, 2.45) is 0 Å². The van der Waals surface area contributed by atoms with E-state index in [1.54, 1.807) is 6.20 Å². The minimum atomic E-state index is -0.228. The van der Waals surface area contributed by atoms with Crippen LogP contribution in [0.4, 0.5) is 23.0 Å². The predicted molar refractivity (Wildman–Crippen MR) is 165 cm³/mol. The van der Waals surface area contributed by atoms with Crippen molar-refractivity contribution in [3.05, 3.63) is 115 Å². The lowest BCUT2D eigenvalue weighted by Crippen LogP contribution is -2.18. The highest BCUT2D eigenvalue weighted by molar-refractivity contribution is 5.98. The lowest BCUT2D eigenvalue weighted by Gasteiger charge is -2.18. The number of anilines is 4. The Kier molecular flexibility index (Phi) is 9.03. The molecule has 8 nitrogen and oxygen atoms in total. The van der Waals surface area contributed by atoms with Crippen LogP contribution in [0, 0.1) is 0 Å². The molecular formula is C33H34N6O2. The highest BCUT2D eigenvalue weighted by Crippen LogP contribution is 2.26. The lowest BCUT2D eigenvalue weighted by molar-refractivity contribution is -0.111. The Labute approximate surface area is 240 Å². The molecule has 6 bridgehead atoms. The molecule has 0 saturated heterocycles. The van der Waals surface area contributed by atoms with Gasteiger partial charge in [0, 0.05) is 48.5 Å². The monoisotopic (exact) mass is 546 g/mol. The summed E-state index contributed by atoms with van der Waals surface area (Å²) in [6.45, 7) is 6.33. The molecule has 0 saturated carbocycles. The van der Waals surface area contributed by atoms with Crippen LogP contribution in [0.25, 0.3) is 11.3 Å². The highest BCUT2D eigenvalue weighted by atomic mass is 16.5. The third-order valence-corrected chi connectivity index (χ3v) is 6.53. The van der Waals surface area contributed by atoms with E-state index in [4.69, 9.17) is 9.72 Å². The highest BCUT2D eigenvalue weighted by Gasteiger charge is 2.09. The molecule has 0 unspecified atom stereocenters. The van der Waals surface area contributed by atoms with Crippen LogP contribution in [-0.4, -0.2) is 41.0 Å². The summed E-state index contributed by atoms with van der Waals surface area (Å²) in [7, 11) is 2.11. The van der Waals surface area contributed by atoms with Gasteiger partial charge in [-0.15, -0.1) is 0 Å². The second kappa shape index (κ2) is 13.4. The van der Waals surface area contributed by atoms with Crippen LogP contribution in [0.3, 0.4) is 0 Å². The van der Waals surface area contributed by atoms with Crippen molar-refractivity contribution in [1.29, 1.82) is 0 Å². The van der Waals surface area contributed by atoms with Crippen molar-refractivity contribution < 1.29 is 9.53 Å². The smallest absolute Gasteiger partial charge is 0.247 e. The van der Waals surface area contributed by atoms with Crippen LogP contribution >= 0.6 is 0 Å². The third kappa shape index (κ3) is 8.03. The van der Waals surface area contributed by atoms with E-state index in [0.29, 0.717) is 19.1 Å². The Morgan fingerprint density at radius 3 is 2.80 bits per heavy atom. The SMILES string of the molecule is C=CC(=O)Nc1ccc(CNc2cc3cc(c2)Nc2nccc(n2)-c2cccc(c2)OCC/C=C/CN(C)C3)cc1. The molecule has 0 fully saturated rings. The topological polar surface area (TPSA) is 91.4 Å². The molecule has 0 atom stereocenters. The molecule has 1 aliphatic rings. The van der Waals surface area contributed by atoms with Gasteiger partial charge in [-0.1, -0.05) is 43.0 Å². The number of ether oxygens (including phenoxy) is 1. The predicted octanol–water partition coefficient (Wildman–Crippen LogP) is 6.39. The van der Waals surface area contributed by atoms with Gasteiger partial charge in [0.05, 0.1) is 12.3 Å². The number of rotatable bonds is 5. The van der Waals surface area contributed by atoms with Gasteiger partial charge >= 0.3 is 0 Å². The molecule has 3 N–H and O–H groups in total. The molecule has 1 aliphatic heterocycles. The fourth-order valence-corrected chi connectivity index (χ4v) is 4.51. The Morgan fingerprint density at radius 1 is 1.07 bits per heavy atom. The first-order valence-electron chi connectivity index (χ1n) is 13.6. The van der Waals surface area contributed by atoms with Crippen LogP contribution in [0.5, 0.6) is 5.75 Å². The number of carbonyl (C=O) groups excluding carboxylic acids is 1. The molecule has 8 heteroatoms. The van der Waals surface area contributed by atoms with E-state index in [9.17, 15) is 4.79 Å². The summed E-state index contributed by atoms with van der Waals surface area (Å²) in [5.74, 6) is 1.11. The number of amides is 1. The molecule has 0 aliphatic carbocycles. The fourth-order valence-electron chi connectivity index (χ4n) is 4.51. The summed E-state index contributed by atoms with van der Waals surface area (Å²) in [5.41, 5.74) is 6.64. The molecule has 2 heterocycles. The quantitative estimate of drug-likeness (QED) is 0.197. The second-order valence-corrected chi connectivity index (χ2v) is 9.89. The number of hydrogen-bond donors (Lipinski definition) is 3. The molecule has 0 radical (unpaired) electrons. The van der Waals surface area contributed by atoms with E-state index in [1.807, 2.05) is 54.6 Å². The number of carbonyl (C=O) groups is 1. The largest absolute Gasteiger partial charge is 0.493 e. The average molecular weight is 547 g/mol. The van der Waals surface area contributed by atoms with Gasteiger partial charge in [0.15, 0.2) is 0 Å². The maximum atomic E-state index is 11.6. The van der Waals surface area contributed by atoms with Gasteiger partial charge in [-0.3, -0.25) is 9.69 Å². The first-order chi connectivity index (χ1) is 20.0. The number of nitrogens with zero attached hydrogens (tertiary/aromatic N) is 3. The van der Waals surface area contributed by atoms with Crippen molar-refractivity contribution in [1.82, 2.24) is 14.9 Å². The summed E-state index contributed by atoms with van der Waals surface area (Å²) in [5, 5.41) is 9.73. The second-order valence-electron chi connectivity index (χ2n) is 9.89. The molecule has 0 spiro atoms. The summed E-state index contributed by atoms with van der Waals surface area (Å²) in [6.07, 6.45) is 8.21. The number of likely N-dealkylation sites (N-methyl/N-ethyl adjacent to an activating group) is 1. The van der Waals surface area contributed by atoms with E-state index in [1.165, 1.54) is 6.08 Å². The van der Waals surface area contributed by atoms with Crippen molar-refractivity contribution in [3.8, 4) is 17.0 Å². The fraction of sp³-hybridized carbons (Fsp3) is 0.182. The average Bonchev–Trinajstić information content (AvgIpc) is 2.98. The summed E-state index contributed by atoms with van der Waals surface area (Å²) in [4.78, 5) is 23.1. The number of benzene rings is 3. The summed E-state index contributed by atoms with van der Waals surface area (Å²) >= 11 is 0. The number of nitrogens with one attached hydrogen (secondary N) is 3. The van der Waals surface area contributed by atoms with Crippen LogP contribution in [0.15, 0.2) is 104 Å². The Bertz CT molecular complexity index is 1530. The zero-order valence-electron chi connectivity index (χ0n) is 23.1. The van der Waals surface area contributed by atoms with Crippen molar-refractivity contribution >= 4 is 28.9 Å². The maximum Gasteiger partial charge on any atom is 0.247 e. The summed E-state index contributed by atoms with van der Waals surface area (Å²) < 4.78 is 5.97. The van der Waals surface area contributed by atoms with Gasteiger partial charge in [-0.25, -0.2) is 9.97 Å². The molecule has 41 heavy (non-hydrogen) atoms. The zero-order valence-corrected chi connectivity index (χ0v) is 23.1. The third-order valence-electron chi connectivity index (χ3n) is 6.53. The standard InChI is InChI=1S/C33H34N6O2/c1-3-32(40)36-27-12-10-24(11-13-27)22-35-28-18-25-19-29(21-28)37-33-34-15-14-31(38-33)26-8-7-9-30(20-26)41-17-6-4-5-16-39(2)23-25/h3-5,7-15,18-21,35H,1,6,16-17,22-23H2,2H3,(H,36,40)(H,34,37,38)/b5-4+. The van der Waals surface area contributed by atoms with Crippen molar-refractivity contribution in [2.75, 3.05) is 36.1 Å². The lowest BCUT2D eigenvalue weighted by atomic mass is 10.1. The first kappa shape index (κ1) is 27.6. The van der Waals surface area contributed by atoms with Gasteiger partial charge in [-0.05, 0) is 79.2 Å². The summed E-state index contributed by atoms with van der Waals surface area (Å²) in [6, 6.07) is 24.0.